The fraction of sp³-hybridized carbons (Fsp3) is 0.462. The number of hydrogen-bond acceptors (Lipinski definition) is 2. The number of ether oxygens (including phenoxy) is 1. The molecule has 0 atom stereocenters. The fourth-order valence-corrected chi connectivity index (χ4v) is 1.34. The highest BCUT2D eigenvalue weighted by Gasteiger charge is 2.02. The van der Waals surface area contributed by atoms with Gasteiger partial charge in [0.05, 0.1) is 0 Å². The first-order valence-electron chi connectivity index (χ1n) is 5.62. The van der Waals surface area contributed by atoms with Crippen molar-refractivity contribution in [1.82, 2.24) is 0 Å². The van der Waals surface area contributed by atoms with Gasteiger partial charge < -0.3 is 4.74 Å². The van der Waals surface area contributed by atoms with Crippen LogP contribution in [-0.2, 0) is 16.1 Å². The van der Waals surface area contributed by atoms with Crippen LogP contribution in [0.2, 0.25) is 0 Å². The van der Waals surface area contributed by atoms with Gasteiger partial charge in [0.1, 0.15) is 12.4 Å². The number of rotatable bonds is 6. The van der Waals surface area contributed by atoms with Crippen LogP contribution in [0.3, 0.4) is 0 Å². The molecule has 3 heteroatoms. The summed E-state index contributed by atoms with van der Waals surface area (Å²) in [6, 6.07) is 5.96. The van der Waals surface area contributed by atoms with Gasteiger partial charge in [-0.05, 0) is 24.1 Å². The van der Waals surface area contributed by atoms with Crippen molar-refractivity contribution in [2.24, 2.45) is 0 Å². The summed E-state index contributed by atoms with van der Waals surface area (Å²) in [6.45, 7) is 2.31. The highest BCUT2D eigenvalue weighted by Crippen LogP contribution is 2.06. The topological polar surface area (TPSA) is 26.3 Å². The Balaban J connectivity index is 2.23. The van der Waals surface area contributed by atoms with Crippen molar-refractivity contribution in [3.05, 3.63) is 35.6 Å². The zero-order valence-corrected chi connectivity index (χ0v) is 9.54. The summed E-state index contributed by atoms with van der Waals surface area (Å²) in [6.07, 6.45) is 3.48. The van der Waals surface area contributed by atoms with Crippen LogP contribution in [0.25, 0.3) is 0 Å². The quantitative estimate of drug-likeness (QED) is 0.546. The van der Waals surface area contributed by atoms with E-state index in [1.807, 2.05) is 0 Å². The van der Waals surface area contributed by atoms with E-state index in [9.17, 15) is 9.18 Å². The van der Waals surface area contributed by atoms with E-state index in [1.54, 1.807) is 12.1 Å². The molecule has 0 aromatic heterocycles. The van der Waals surface area contributed by atoms with Gasteiger partial charge in [0.2, 0.25) is 0 Å². The number of halogens is 1. The number of hydrogen-bond donors (Lipinski definition) is 0. The second-order valence-electron chi connectivity index (χ2n) is 3.74. The summed E-state index contributed by atoms with van der Waals surface area (Å²) in [7, 11) is 0. The first-order valence-corrected chi connectivity index (χ1v) is 5.62. The monoisotopic (exact) mass is 224 g/mol. The lowest BCUT2D eigenvalue weighted by molar-refractivity contribution is -0.145. The van der Waals surface area contributed by atoms with Gasteiger partial charge in [-0.1, -0.05) is 31.9 Å². The standard InChI is InChI=1S/C13H17FO2/c1-2-3-4-5-13(15)16-10-11-6-8-12(14)9-7-11/h6-9H,2-5,10H2,1H3. The van der Waals surface area contributed by atoms with Crippen molar-refractivity contribution in [3.8, 4) is 0 Å². The van der Waals surface area contributed by atoms with Crippen LogP contribution in [0, 0.1) is 5.82 Å². The second kappa shape index (κ2) is 6.99. The lowest BCUT2D eigenvalue weighted by Gasteiger charge is -2.04. The first kappa shape index (κ1) is 12.7. The van der Waals surface area contributed by atoms with Crippen LogP contribution in [0.5, 0.6) is 0 Å². The number of carbonyl (C=O) groups excluding carboxylic acids is 1. The van der Waals surface area contributed by atoms with Gasteiger partial charge in [-0.3, -0.25) is 4.79 Å². The molecular weight excluding hydrogens is 207 g/mol. The number of benzene rings is 1. The van der Waals surface area contributed by atoms with Crippen LogP contribution in [0.15, 0.2) is 24.3 Å². The third-order valence-corrected chi connectivity index (χ3v) is 2.30. The third-order valence-electron chi connectivity index (χ3n) is 2.30. The van der Waals surface area contributed by atoms with Crippen LogP contribution in [-0.4, -0.2) is 5.97 Å². The average molecular weight is 224 g/mol. The maximum absolute atomic E-state index is 12.6. The van der Waals surface area contributed by atoms with Gasteiger partial charge in [0.15, 0.2) is 0 Å². The summed E-state index contributed by atoms with van der Waals surface area (Å²) in [5.41, 5.74) is 0.810. The Kier molecular flexibility index (Phi) is 5.54. The van der Waals surface area contributed by atoms with E-state index >= 15 is 0 Å². The number of unbranched alkanes of at least 4 members (excludes halogenated alkanes) is 2. The molecule has 0 saturated carbocycles. The highest BCUT2D eigenvalue weighted by atomic mass is 19.1. The van der Waals surface area contributed by atoms with Gasteiger partial charge in [0.25, 0.3) is 0 Å². The van der Waals surface area contributed by atoms with Crippen LogP contribution in [0.1, 0.15) is 38.2 Å². The lowest BCUT2D eigenvalue weighted by atomic mass is 10.2. The van der Waals surface area contributed by atoms with E-state index in [-0.39, 0.29) is 18.4 Å². The van der Waals surface area contributed by atoms with Crippen molar-refractivity contribution < 1.29 is 13.9 Å². The molecule has 0 spiro atoms. The molecule has 0 unspecified atom stereocenters. The third kappa shape index (κ3) is 4.91. The van der Waals surface area contributed by atoms with Gasteiger partial charge in [-0.15, -0.1) is 0 Å². The normalized spacial score (nSPS) is 10.1. The average Bonchev–Trinajstić information content (AvgIpc) is 2.29. The predicted octanol–water partition coefficient (Wildman–Crippen LogP) is 3.45. The van der Waals surface area contributed by atoms with Crippen molar-refractivity contribution in [2.45, 2.75) is 39.2 Å². The van der Waals surface area contributed by atoms with E-state index < -0.39 is 0 Å². The molecule has 0 aliphatic carbocycles. The molecule has 88 valence electrons. The SMILES string of the molecule is CCCCCC(=O)OCc1ccc(F)cc1. The molecule has 2 nitrogen and oxygen atoms in total. The molecule has 16 heavy (non-hydrogen) atoms. The van der Waals surface area contributed by atoms with Crippen LogP contribution in [0.4, 0.5) is 4.39 Å². The fourth-order valence-electron chi connectivity index (χ4n) is 1.34. The molecule has 0 saturated heterocycles. The minimum Gasteiger partial charge on any atom is -0.461 e. The van der Waals surface area contributed by atoms with Crippen molar-refractivity contribution in [3.63, 3.8) is 0 Å². The number of esters is 1. The summed E-state index contributed by atoms with van der Waals surface area (Å²) in [5, 5.41) is 0. The van der Waals surface area contributed by atoms with E-state index in [0.717, 1.165) is 24.8 Å². The maximum Gasteiger partial charge on any atom is 0.306 e. The lowest BCUT2D eigenvalue weighted by Crippen LogP contribution is -2.04. The van der Waals surface area contributed by atoms with Crippen molar-refractivity contribution in [1.29, 1.82) is 0 Å². The maximum atomic E-state index is 12.6. The Morgan fingerprint density at radius 3 is 2.56 bits per heavy atom. The predicted molar refractivity (Wildman–Crippen MR) is 60.3 cm³/mol. The zero-order valence-electron chi connectivity index (χ0n) is 9.54. The minimum atomic E-state index is -0.280. The first-order chi connectivity index (χ1) is 7.72. The molecule has 0 aliphatic rings. The Morgan fingerprint density at radius 2 is 1.94 bits per heavy atom. The summed E-state index contributed by atoms with van der Waals surface area (Å²) >= 11 is 0. The molecule has 0 fully saturated rings. The summed E-state index contributed by atoms with van der Waals surface area (Å²) in [4.78, 5) is 11.3. The molecule has 0 radical (unpaired) electrons. The van der Waals surface area contributed by atoms with Crippen molar-refractivity contribution in [2.75, 3.05) is 0 Å². The van der Waals surface area contributed by atoms with Gasteiger partial charge in [-0.2, -0.15) is 0 Å². The molecule has 0 amide bonds. The summed E-state index contributed by atoms with van der Waals surface area (Å²) < 4.78 is 17.6. The van der Waals surface area contributed by atoms with Gasteiger partial charge >= 0.3 is 5.97 Å². The van der Waals surface area contributed by atoms with Gasteiger partial charge in [-0.25, -0.2) is 4.39 Å². The summed E-state index contributed by atoms with van der Waals surface area (Å²) in [5.74, 6) is -0.462. The Hall–Kier alpha value is -1.38. The van der Waals surface area contributed by atoms with E-state index in [1.165, 1.54) is 12.1 Å². The Bertz CT molecular complexity index is 319. The Morgan fingerprint density at radius 1 is 1.25 bits per heavy atom. The smallest absolute Gasteiger partial charge is 0.306 e. The molecule has 0 aliphatic heterocycles. The Labute approximate surface area is 95.4 Å². The van der Waals surface area contributed by atoms with E-state index in [0.29, 0.717) is 6.42 Å². The zero-order chi connectivity index (χ0) is 11.8. The second-order valence-corrected chi connectivity index (χ2v) is 3.74. The molecule has 1 rings (SSSR count). The number of carbonyl (C=O) groups is 1. The van der Waals surface area contributed by atoms with Crippen LogP contribution >= 0.6 is 0 Å². The molecule has 1 aromatic rings. The largest absolute Gasteiger partial charge is 0.461 e. The van der Waals surface area contributed by atoms with E-state index in [2.05, 4.69) is 6.92 Å². The molecule has 1 aromatic carbocycles. The highest BCUT2D eigenvalue weighted by molar-refractivity contribution is 5.69. The molecule has 0 bridgehead atoms. The molecule has 0 heterocycles. The molecule has 0 N–H and O–H groups in total. The van der Waals surface area contributed by atoms with Gasteiger partial charge in [0, 0.05) is 6.42 Å². The van der Waals surface area contributed by atoms with Crippen LogP contribution < -0.4 is 0 Å². The van der Waals surface area contributed by atoms with E-state index in [4.69, 9.17) is 4.74 Å². The van der Waals surface area contributed by atoms with Crippen molar-refractivity contribution >= 4 is 5.97 Å². The molecular formula is C13H17FO2. The minimum absolute atomic E-state index is 0.183.